The quantitative estimate of drug-likeness (QED) is 0.355. The van der Waals surface area contributed by atoms with E-state index in [-0.39, 0.29) is 28.5 Å². The van der Waals surface area contributed by atoms with Crippen molar-refractivity contribution in [3.05, 3.63) is 74.2 Å². The lowest BCUT2D eigenvalue weighted by atomic mass is 10.1. The molecule has 12 heteroatoms. The zero-order chi connectivity index (χ0) is 24.3. The van der Waals surface area contributed by atoms with Crippen molar-refractivity contribution in [3.63, 3.8) is 0 Å². The molecule has 0 aromatic heterocycles. The van der Waals surface area contributed by atoms with Crippen LogP contribution in [0.1, 0.15) is 21.5 Å². The molecule has 0 radical (unpaired) electrons. The molecule has 3 amide bonds. The van der Waals surface area contributed by atoms with Crippen LogP contribution >= 0.6 is 11.8 Å². The summed E-state index contributed by atoms with van der Waals surface area (Å²) in [4.78, 5) is 48.4. The van der Waals surface area contributed by atoms with Crippen LogP contribution < -0.4 is 5.32 Å². The van der Waals surface area contributed by atoms with Gasteiger partial charge in [-0.1, -0.05) is 29.8 Å². The summed E-state index contributed by atoms with van der Waals surface area (Å²) >= 11 is 0.790. The van der Waals surface area contributed by atoms with Crippen molar-refractivity contribution in [2.24, 2.45) is 0 Å². The SMILES string of the molecule is Cc1ccc(/C=C2\SC(=O)N(CCNC(=O)c3cc([N+](=O)[O-])cc(S(C)(=O)=O)c3)C2=O)cc1. The molecular weight excluding hydrogens is 470 g/mol. The van der Waals surface area contributed by atoms with E-state index in [1.54, 1.807) is 6.08 Å². The Kier molecular flexibility index (Phi) is 6.98. The van der Waals surface area contributed by atoms with Crippen LogP contribution in [0.3, 0.4) is 0 Å². The second-order valence-electron chi connectivity index (χ2n) is 7.24. The molecule has 10 nitrogen and oxygen atoms in total. The first-order valence-electron chi connectivity index (χ1n) is 9.55. The molecule has 1 N–H and O–H groups in total. The standard InChI is InChI=1S/C21H19N3O7S2/c1-13-3-5-14(6-4-13)9-18-20(26)23(21(27)32-18)8-7-22-19(25)15-10-16(24(28)29)12-17(11-15)33(2,30)31/h3-6,9-12H,7-8H2,1-2H3,(H,22,25)/b18-9-. The van der Waals surface area contributed by atoms with E-state index in [1.807, 2.05) is 31.2 Å². The van der Waals surface area contributed by atoms with Crippen LogP contribution in [0.2, 0.25) is 0 Å². The zero-order valence-corrected chi connectivity index (χ0v) is 19.2. The highest BCUT2D eigenvalue weighted by Gasteiger charge is 2.34. The number of sulfone groups is 1. The van der Waals surface area contributed by atoms with Gasteiger partial charge in [0, 0.05) is 37.0 Å². The molecule has 3 rings (SSSR count). The molecule has 0 saturated carbocycles. The van der Waals surface area contributed by atoms with Crippen LogP contribution in [0.4, 0.5) is 10.5 Å². The van der Waals surface area contributed by atoms with Gasteiger partial charge in [0.25, 0.3) is 22.7 Å². The van der Waals surface area contributed by atoms with Gasteiger partial charge < -0.3 is 5.32 Å². The Labute approximate surface area is 193 Å². The summed E-state index contributed by atoms with van der Waals surface area (Å²) in [6.07, 6.45) is 2.48. The molecule has 1 saturated heterocycles. The number of nitro groups is 1. The third-order valence-corrected chi connectivity index (χ3v) is 6.66. The number of nitrogens with one attached hydrogen (secondary N) is 1. The first-order chi connectivity index (χ1) is 15.5. The van der Waals surface area contributed by atoms with Crippen LogP contribution in [0, 0.1) is 17.0 Å². The van der Waals surface area contributed by atoms with E-state index in [9.17, 15) is 32.9 Å². The molecule has 0 spiro atoms. The first kappa shape index (κ1) is 24.1. The molecule has 2 aromatic carbocycles. The normalized spacial score (nSPS) is 15.2. The van der Waals surface area contributed by atoms with Crippen LogP contribution in [-0.2, 0) is 14.6 Å². The number of hydrogen-bond donors (Lipinski definition) is 1. The van der Waals surface area contributed by atoms with Crippen molar-refractivity contribution >= 4 is 50.4 Å². The average molecular weight is 490 g/mol. The van der Waals surface area contributed by atoms with E-state index in [2.05, 4.69) is 5.32 Å². The van der Waals surface area contributed by atoms with Crippen molar-refractivity contribution < 1.29 is 27.7 Å². The van der Waals surface area contributed by atoms with E-state index in [0.29, 0.717) is 0 Å². The molecule has 33 heavy (non-hydrogen) atoms. The Bertz CT molecular complexity index is 1290. The highest BCUT2D eigenvalue weighted by molar-refractivity contribution is 8.18. The number of aryl methyl sites for hydroxylation is 1. The second kappa shape index (κ2) is 9.55. The van der Waals surface area contributed by atoms with Gasteiger partial charge in [0.1, 0.15) is 0 Å². The number of thioether (sulfide) groups is 1. The number of carbonyl (C=O) groups excluding carboxylic acids is 3. The molecule has 1 aliphatic heterocycles. The van der Waals surface area contributed by atoms with E-state index < -0.39 is 37.5 Å². The minimum absolute atomic E-state index is 0.116. The summed E-state index contributed by atoms with van der Waals surface area (Å²) < 4.78 is 23.6. The maximum absolute atomic E-state index is 12.6. The van der Waals surface area contributed by atoms with Gasteiger partial charge in [-0.25, -0.2) is 8.42 Å². The molecule has 2 aromatic rings. The van der Waals surface area contributed by atoms with Gasteiger partial charge in [-0.3, -0.25) is 29.4 Å². The minimum atomic E-state index is -3.79. The van der Waals surface area contributed by atoms with Crippen molar-refractivity contribution in [2.75, 3.05) is 19.3 Å². The summed E-state index contributed by atoms with van der Waals surface area (Å²) in [6, 6.07) is 10.3. The van der Waals surface area contributed by atoms with Crippen LogP contribution in [-0.4, -0.2) is 54.6 Å². The fourth-order valence-electron chi connectivity index (χ4n) is 2.92. The topological polar surface area (TPSA) is 144 Å². The molecule has 1 aliphatic rings. The molecular formula is C21H19N3O7S2. The predicted molar refractivity (Wildman–Crippen MR) is 122 cm³/mol. The summed E-state index contributed by atoms with van der Waals surface area (Å²) in [5, 5.41) is 13.1. The van der Waals surface area contributed by atoms with Gasteiger partial charge in [-0.15, -0.1) is 0 Å². The maximum atomic E-state index is 12.6. The molecule has 1 fully saturated rings. The summed E-state index contributed by atoms with van der Waals surface area (Å²) in [5.41, 5.74) is 1.06. The van der Waals surface area contributed by atoms with Crippen molar-refractivity contribution in [3.8, 4) is 0 Å². The Morgan fingerprint density at radius 3 is 2.45 bits per heavy atom. The van der Waals surface area contributed by atoms with Gasteiger partial charge in [-0.2, -0.15) is 0 Å². The molecule has 0 unspecified atom stereocenters. The molecule has 0 aliphatic carbocycles. The Balaban J connectivity index is 1.68. The van der Waals surface area contributed by atoms with Gasteiger partial charge >= 0.3 is 0 Å². The average Bonchev–Trinajstić information content (AvgIpc) is 3.01. The molecule has 172 valence electrons. The van der Waals surface area contributed by atoms with Gasteiger partial charge in [0.15, 0.2) is 9.84 Å². The van der Waals surface area contributed by atoms with Crippen LogP contribution in [0.25, 0.3) is 6.08 Å². The number of nitro benzene ring substituents is 1. The van der Waals surface area contributed by atoms with E-state index in [1.165, 1.54) is 0 Å². The van der Waals surface area contributed by atoms with Crippen molar-refractivity contribution in [2.45, 2.75) is 11.8 Å². The van der Waals surface area contributed by atoms with E-state index >= 15 is 0 Å². The smallest absolute Gasteiger partial charge is 0.293 e. The second-order valence-corrected chi connectivity index (χ2v) is 10.3. The fourth-order valence-corrected chi connectivity index (χ4v) is 4.46. The van der Waals surface area contributed by atoms with Gasteiger partial charge in [-0.05, 0) is 36.4 Å². The lowest BCUT2D eigenvalue weighted by Crippen LogP contribution is -2.37. The van der Waals surface area contributed by atoms with Crippen molar-refractivity contribution in [1.82, 2.24) is 10.2 Å². The van der Waals surface area contributed by atoms with Crippen LogP contribution in [0.5, 0.6) is 0 Å². The largest absolute Gasteiger partial charge is 0.350 e. The highest BCUT2D eigenvalue weighted by atomic mass is 32.2. The summed E-state index contributed by atoms with van der Waals surface area (Å²) in [7, 11) is -3.79. The number of non-ortho nitro benzene ring substituents is 1. The number of rotatable bonds is 7. The number of nitrogens with zero attached hydrogens (tertiary/aromatic N) is 2. The predicted octanol–water partition coefficient (Wildman–Crippen LogP) is 2.77. The highest BCUT2D eigenvalue weighted by Crippen LogP contribution is 2.32. The fraction of sp³-hybridized carbons (Fsp3) is 0.190. The first-order valence-corrected chi connectivity index (χ1v) is 12.3. The lowest BCUT2D eigenvalue weighted by molar-refractivity contribution is -0.385. The zero-order valence-electron chi connectivity index (χ0n) is 17.6. The van der Waals surface area contributed by atoms with E-state index in [4.69, 9.17) is 0 Å². The lowest BCUT2D eigenvalue weighted by Gasteiger charge is -2.13. The summed E-state index contributed by atoms with van der Waals surface area (Å²) in [6.45, 7) is 1.70. The maximum Gasteiger partial charge on any atom is 0.293 e. The summed E-state index contributed by atoms with van der Waals surface area (Å²) in [5.74, 6) is -1.26. The number of hydrogen-bond acceptors (Lipinski definition) is 8. The minimum Gasteiger partial charge on any atom is -0.350 e. The monoisotopic (exact) mass is 489 g/mol. The number of imide groups is 1. The van der Waals surface area contributed by atoms with Gasteiger partial charge in [0.05, 0.1) is 14.7 Å². The Morgan fingerprint density at radius 2 is 1.85 bits per heavy atom. The third kappa shape index (κ3) is 5.84. The number of benzene rings is 2. The van der Waals surface area contributed by atoms with E-state index in [0.717, 1.165) is 52.2 Å². The molecule has 0 bridgehead atoms. The third-order valence-electron chi connectivity index (χ3n) is 4.66. The Hall–Kier alpha value is -3.51. The van der Waals surface area contributed by atoms with Crippen molar-refractivity contribution in [1.29, 1.82) is 0 Å². The van der Waals surface area contributed by atoms with Crippen LogP contribution in [0.15, 0.2) is 52.3 Å². The number of amides is 3. The van der Waals surface area contributed by atoms with Gasteiger partial charge in [0.2, 0.25) is 0 Å². The molecule has 0 atom stereocenters. The molecule has 1 heterocycles. The Morgan fingerprint density at radius 1 is 1.18 bits per heavy atom. The number of carbonyl (C=O) groups is 3.